The van der Waals surface area contributed by atoms with Crippen LogP contribution in [0.5, 0.6) is 0 Å². The standard InChI is InChI=1S/C13H18N2O2/c1-9-3-2-4-10(7-9)11-5-6-12(8-11)15(17)13(14)16/h2-4,7,11-12,17H,5-6,8H2,1H3,(H2,14,16)/t11-,12+/m0/s1. The maximum absolute atomic E-state index is 10.9. The summed E-state index contributed by atoms with van der Waals surface area (Å²) < 4.78 is 0. The molecule has 1 aromatic rings. The number of hydrogen-bond acceptors (Lipinski definition) is 2. The monoisotopic (exact) mass is 234 g/mol. The Bertz CT molecular complexity index is 420. The Labute approximate surface area is 101 Å². The van der Waals surface area contributed by atoms with Crippen LogP contribution in [0.25, 0.3) is 0 Å². The average Bonchev–Trinajstić information content (AvgIpc) is 2.77. The molecule has 3 N–H and O–H groups in total. The van der Waals surface area contributed by atoms with Crippen molar-refractivity contribution in [3.63, 3.8) is 0 Å². The number of carbonyl (C=O) groups is 1. The van der Waals surface area contributed by atoms with E-state index in [0.29, 0.717) is 11.0 Å². The van der Waals surface area contributed by atoms with Gasteiger partial charge in [-0.1, -0.05) is 29.8 Å². The van der Waals surface area contributed by atoms with Gasteiger partial charge in [-0.15, -0.1) is 0 Å². The first-order chi connectivity index (χ1) is 8.08. The molecule has 4 nitrogen and oxygen atoms in total. The Balaban J connectivity index is 2.05. The van der Waals surface area contributed by atoms with Crippen LogP contribution < -0.4 is 5.73 Å². The molecule has 2 amide bonds. The molecular weight excluding hydrogens is 216 g/mol. The molecule has 2 rings (SSSR count). The van der Waals surface area contributed by atoms with Gasteiger partial charge in [0, 0.05) is 0 Å². The summed E-state index contributed by atoms with van der Waals surface area (Å²) in [6.45, 7) is 2.07. The minimum atomic E-state index is -0.764. The first kappa shape index (κ1) is 11.9. The molecule has 0 spiro atoms. The van der Waals surface area contributed by atoms with Crippen molar-refractivity contribution in [2.75, 3.05) is 0 Å². The van der Waals surface area contributed by atoms with Crippen LogP contribution in [0.4, 0.5) is 4.79 Å². The fourth-order valence-electron chi connectivity index (χ4n) is 2.59. The summed E-state index contributed by atoms with van der Waals surface area (Å²) in [6, 6.07) is 7.48. The van der Waals surface area contributed by atoms with E-state index in [1.54, 1.807) is 0 Å². The number of rotatable bonds is 2. The summed E-state index contributed by atoms with van der Waals surface area (Å²) in [4.78, 5) is 10.9. The molecule has 0 heterocycles. The molecule has 17 heavy (non-hydrogen) atoms. The van der Waals surface area contributed by atoms with Gasteiger partial charge in [-0.25, -0.2) is 9.86 Å². The number of amides is 2. The Kier molecular flexibility index (Phi) is 3.33. The van der Waals surface area contributed by atoms with Gasteiger partial charge in [-0.3, -0.25) is 5.21 Å². The van der Waals surface area contributed by atoms with Gasteiger partial charge < -0.3 is 5.73 Å². The Morgan fingerprint density at radius 1 is 1.47 bits per heavy atom. The fourth-order valence-corrected chi connectivity index (χ4v) is 2.59. The molecule has 1 aromatic carbocycles. The molecule has 0 saturated heterocycles. The topological polar surface area (TPSA) is 66.6 Å². The average molecular weight is 234 g/mol. The van der Waals surface area contributed by atoms with Crippen LogP contribution in [0.1, 0.15) is 36.3 Å². The van der Waals surface area contributed by atoms with Gasteiger partial charge in [-0.05, 0) is 37.7 Å². The quantitative estimate of drug-likeness (QED) is 0.609. The normalized spacial score (nSPS) is 23.6. The Hall–Kier alpha value is -1.55. The largest absolute Gasteiger partial charge is 0.350 e. The van der Waals surface area contributed by atoms with Gasteiger partial charge in [0.05, 0.1) is 6.04 Å². The molecule has 4 heteroatoms. The van der Waals surface area contributed by atoms with E-state index in [1.807, 2.05) is 6.07 Å². The number of primary amides is 1. The minimum absolute atomic E-state index is 0.141. The van der Waals surface area contributed by atoms with Gasteiger partial charge in [-0.2, -0.15) is 0 Å². The molecule has 1 aliphatic carbocycles. The maximum atomic E-state index is 10.9. The first-order valence-corrected chi connectivity index (χ1v) is 5.92. The van der Waals surface area contributed by atoms with E-state index in [9.17, 15) is 10.0 Å². The second-order valence-electron chi connectivity index (χ2n) is 4.76. The lowest BCUT2D eigenvalue weighted by atomic mass is 9.96. The molecule has 0 unspecified atom stereocenters. The van der Waals surface area contributed by atoms with Crippen molar-refractivity contribution in [3.05, 3.63) is 35.4 Å². The number of carbonyl (C=O) groups excluding carboxylic acids is 1. The number of hydrogen-bond donors (Lipinski definition) is 2. The van der Waals surface area contributed by atoms with Gasteiger partial charge in [0.2, 0.25) is 0 Å². The van der Waals surface area contributed by atoms with Crippen LogP contribution in [-0.2, 0) is 0 Å². The van der Waals surface area contributed by atoms with Crippen molar-refractivity contribution < 1.29 is 10.0 Å². The molecule has 2 atom stereocenters. The molecular formula is C13H18N2O2. The summed E-state index contributed by atoms with van der Waals surface area (Å²) in [5, 5.41) is 10.2. The van der Waals surface area contributed by atoms with E-state index in [2.05, 4.69) is 25.1 Å². The summed E-state index contributed by atoms with van der Waals surface area (Å²) >= 11 is 0. The van der Waals surface area contributed by atoms with E-state index in [0.717, 1.165) is 19.3 Å². The molecule has 0 aliphatic heterocycles. The van der Waals surface area contributed by atoms with Gasteiger partial charge in [0.25, 0.3) is 0 Å². The zero-order valence-corrected chi connectivity index (χ0v) is 9.97. The Morgan fingerprint density at radius 2 is 2.24 bits per heavy atom. The lowest BCUT2D eigenvalue weighted by molar-refractivity contribution is -0.0730. The van der Waals surface area contributed by atoms with Crippen LogP contribution in [0.3, 0.4) is 0 Å². The predicted molar refractivity (Wildman–Crippen MR) is 64.8 cm³/mol. The molecule has 0 aromatic heterocycles. The van der Waals surface area contributed by atoms with Gasteiger partial charge in [0.1, 0.15) is 0 Å². The Morgan fingerprint density at radius 3 is 2.88 bits per heavy atom. The molecule has 1 saturated carbocycles. The maximum Gasteiger partial charge on any atom is 0.338 e. The predicted octanol–water partition coefficient (Wildman–Crippen LogP) is 2.40. The van der Waals surface area contributed by atoms with E-state index < -0.39 is 6.03 Å². The highest BCUT2D eigenvalue weighted by Gasteiger charge is 2.31. The second kappa shape index (κ2) is 4.75. The second-order valence-corrected chi connectivity index (χ2v) is 4.76. The van der Waals surface area contributed by atoms with Crippen LogP contribution in [-0.4, -0.2) is 22.3 Å². The smallest absolute Gasteiger partial charge is 0.338 e. The minimum Gasteiger partial charge on any atom is -0.350 e. The number of aryl methyl sites for hydroxylation is 1. The van der Waals surface area contributed by atoms with E-state index >= 15 is 0 Å². The van der Waals surface area contributed by atoms with E-state index in [1.165, 1.54) is 11.1 Å². The summed E-state index contributed by atoms with van der Waals surface area (Å²) in [6.07, 6.45) is 2.57. The van der Waals surface area contributed by atoms with Crippen LogP contribution in [0, 0.1) is 6.92 Å². The van der Waals surface area contributed by atoms with E-state index in [-0.39, 0.29) is 6.04 Å². The van der Waals surface area contributed by atoms with Crippen molar-refractivity contribution in [1.82, 2.24) is 5.06 Å². The molecule has 92 valence electrons. The molecule has 0 bridgehead atoms. The third-order valence-corrected chi connectivity index (χ3v) is 3.49. The zero-order chi connectivity index (χ0) is 12.4. The molecule has 1 aliphatic rings. The number of nitrogens with zero attached hydrogens (tertiary/aromatic N) is 1. The lowest BCUT2D eigenvalue weighted by Gasteiger charge is -2.20. The number of urea groups is 1. The van der Waals surface area contributed by atoms with E-state index in [4.69, 9.17) is 5.73 Å². The van der Waals surface area contributed by atoms with Gasteiger partial charge in [0.15, 0.2) is 0 Å². The van der Waals surface area contributed by atoms with Crippen LogP contribution >= 0.6 is 0 Å². The highest BCUT2D eigenvalue weighted by molar-refractivity contribution is 5.70. The first-order valence-electron chi connectivity index (χ1n) is 5.92. The summed E-state index contributed by atoms with van der Waals surface area (Å²) in [5.41, 5.74) is 7.58. The lowest BCUT2D eigenvalue weighted by Crippen LogP contribution is -2.39. The highest BCUT2D eigenvalue weighted by atomic mass is 16.5. The summed E-state index contributed by atoms with van der Waals surface area (Å²) in [5.74, 6) is 0.411. The molecule has 0 radical (unpaired) electrons. The number of nitrogens with two attached hydrogens (primary N) is 1. The van der Waals surface area contributed by atoms with Crippen molar-refractivity contribution >= 4 is 6.03 Å². The zero-order valence-electron chi connectivity index (χ0n) is 9.97. The SMILES string of the molecule is Cc1cccc([C@H]2CC[C@@H](N(O)C(N)=O)C2)c1. The fraction of sp³-hybridized carbons (Fsp3) is 0.462. The third-order valence-electron chi connectivity index (χ3n) is 3.49. The van der Waals surface area contributed by atoms with Crippen LogP contribution in [0.15, 0.2) is 24.3 Å². The van der Waals surface area contributed by atoms with Crippen molar-refractivity contribution in [2.45, 2.75) is 38.1 Å². The highest BCUT2D eigenvalue weighted by Crippen LogP contribution is 2.36. The number of hydroxylamine groups is 2. The molecule has 1 fully saturated rings. The van der Waals surface area contributed by atoms with Gasteiger partial charge >= 0.3 is 6.03 Å². The van der Waals surface area contributed by atoms with Crippen molar-refractivity contribution in [3.8, 4) is 0 Å². The van der Waals surface area contributed by atoms with Crippen LogP contribution in [0.2, 0.25) is 0 Å². The third kappa shape index (κ3) is 2.58. The number of benzene rings is 1. The summed E-state index contributed by atoms with van der Waals surface area (Å²) in [7, 11) is 0. The van der Waals surface area contributed by atoms with Crippen molar-refractivity contribution in [2.24, 2.45) is 5.73 Å². The van der Waals surface area contributed by atoms with Crippen molar-refractivity contribution in [1.29, 1.82) is 0 Å².